The van der Waals surface area contributed by atoms with E-state index in [2.05, 4.69) is 0 Å². The third-order valence-electron chi connectivity index (χ3n) is 2.31. The van der Waals surface area contributed by atoms with Crippen molar-refractivity contribution in [3.63, 3.8) is 0 Å². The minimum absolute atomic E-state index is 0.0121. The number of benzene rings is 1. The second kappa shape index (κ2) is 5.89. The van der Waals surface area contributed by atoms with Crippen LogP contribution in [-0.4, -0.2) is 0 Å². The number of anilines is 1. The molecule has 0 aliphatic heterocycles. The van der Waals surface area contributed by atoms with Gasteiger partial charge in [-0.05, 0) is 19.4 Å². The molecule has 0 aliphatic carbocycles. The Morgan fingerprint density at radius 2 is 1.71 bits per heavy atom. The van der Waals surface area contributed by atoms with Crippen molar-refractivity contribution in [1.82, 2.24) is 0 Å². The third-order valence-corrected chi connectivity index (χ3v) is 2.31. The van der Waals surface area contributed by atoms with Crippen LogP contribution in [0.25, 0.3) is 0 Å². The Balaban J connectivity index is 0.00000121. The van der Waals surface area contributed by atoms with Gasteiger partial charge in [0.15, 0.2) is 0 Å². The summed E-state index contributed by atoms with van der Waals surface area (Å²) in [6.07, 6.45) is -4.57. The molecule has 0 bridgehead atoms. The Kier molecular flexibility index (Phi) is 5.45. The molecule has 0 amide bonds. The summed E-state index contributed by atoms with van der Waals surface area (Å²) in [5, 5.41) is 0. The molecule has 0 fully saturated rings. The number of nitrogens with two attached hydrogens (primary N) is 1. The van der Waals surface area contributed by atoms with Crippen LogP contribution in [0.5, 0.6) is 0 Å². The second-order valence-corrected chi connectivity index (χ2v) is 3.28. The van der Waals surface area contributed by atoms with Gasteiger partial charge in [0.05, 0.1) is 5.56 Å². The van der Waals surface area contributed by atoms with E-state index in [0.717, 1.165) is 6.07 Å². The van der Waals surface area contributed by atoms with Crippen LogP contribution >= 0.6 is 0 Å². The largest absolute Gasteiger partial charge is 0.416 e. The van der Waals surface area contributed by atoms with Gasteiger partial charge < -0.3 is 5.73 Å². The molecular weight excluding hydrogens is 234 g/mol. The van der Waals surface area contributed by atoms with Crippen molar-refractivity contribution in [2.45, 2.75) is 40.3 Å². The van der Waals surface area contributed by atoms with Crippen molar-refractivity contribution in [3.8, 4) is 0 Å². The van der Waals surface area contributed by atoms with Gasteiger partial charge in [-0.1, -0.05) is 20.8 Å². The van der Waals surface area contributed by atoms with E-state index in [1.807, 2.05) is 13.8 Å². The van der Waals surface area contributed by atoms with Crippen LogP contribution < -0.4 is 5.73 Å². The molecule has 0 aliphatic rings. The van der Waals surface area contributed by atoms with Crippen LogP contribution in [0, 0.1) is 12.7 Å². The Labute approximate surface area is 98.6 Å². The van der Waals surface area contributed by atoms with Gasteiger partial charge in [0, 0.05) is 16.8 Å². The van der Waals surface area contributed by atoms with Crippen LogP contribution in [-0.2, 0) is 12.6 Å². The summed E-state index contributed by atoms with van der Waals surface area (Å²) in [4.78, 5) is 0. The molecule has 0 unspecified atom stereocenters. The Morgan fingerprint density at radius 3 is 2.06 bits per heavy atom. The van der Waals surface area contributed by atoms with Gasteiger partial charge in [0.1, 0.15) is 5.82 Å². The molecule has 1 rings (SSSR count). The summed E-state index contributed by atoms with van der Waals surface area (Å²) in [5.74, 6) is -0.857. The monoisotopic (exact) mass is 251 g/mol. The number of hydrogen-bond acceptors (Lipinski definition) is 1. The minimum atomic E-state index is -4.56. The van der Waals surface area contributed by atoms with Gasteiger partial charge in [-0.25, -0.2) is 4.39 Å². The van der Waals surface area contributed by atoms with Crippen LogP contribution in [0.3, 0.4) is 0 Å². The highest BCUT2D eigenvalue weighted by atomic mass is 19.4. The lowest BCUT2D eigenvalue weighted by Crippen LogP contribution is -2.13. The Morgan fingerprint density at radius 1 is 1.24 bits per heavy atom. The molecule has 0 radical (unpaired) electrons. The topological polar surface area (TPSA) is 26.0 Å². The van der Waals surface area contributed by atoms with Crippen LogP contribution in [0.4, 0.5) is 23.2 Å². The molecule has 0 aromatic heterocycles. The average molecular weight is 251 g/mol. The fraction of sp³-hybridized carbons (Fsp3) is 0.500. The summed E-state index contributed by atoms with van der Waals surface area (Å²) in [7, 11) is 0. The van der Waals surface area contributed by atoms with Crippen molar-refractivity contribution < 1.29 is 17.6 Å². The minimum Gasteiger partial charge on any atom is -0.398 e. The smallest absolute Gasteiger partial charge is 0.398 e. The van der Waals surface area contributed by atoms with Gasteiger partial charge in [-0.3, -0.25) is 0 Å². The molecule has 1 aromatic carbocycles. The number of nitrogen functional groups attached to an aromatic ring is 1. The number of halogens is 4. The lowest BCUT2D eigenvalue weighted by Gasteiger charge is -2.15. The molecule has 5 heteroatoms. The highest BCUT2D eigenvalue weighted by Crippen LogP contribution is 2.36. The second-order valence-electron chi connectivity index (χ2n) is 3.28. The van der Waals surface area contributed by atoms with E-state index in [9.17, 15) is 17.6 Å². The molecule has 0 spiro atoms. The van der Waals surface area contributed by atoms with E-state index in [0.29, 0.717) is 0 Å². The van der Waals surface area contributed by atoms with Crippen LogP contribution in [0.1, 0.15) is 37.5 Å². The lowest BCUT2D eigenvalue weighted by atomic mass is 9.99. The first-order chi connectivity index (χ1) is 7.79. The van der Waals surface area contributed by atoms with E-state index in [1.54, 1.807) is 0 Å². The summed E-state index contributed by atoms with van der Waals surface area (Å²) < 4.78 is 51.0. The zero-order valence-corrected chi connectivity index (χ0v) is 10.4. The van der Waals surface area contributed by atoms with Crippen LogP contribution in [0.2, 0.25) is 0 Å². The van der Waals surface area contributed by atoms with E-state index >= 15 is 0 Å². The van der Waals surface area contributed by atoms with Crippen molar-refractivity contribution >= 4 is 5.69 Å². The predicted octanol–water partition coefficient (Wildman–Crippen LogP) is 4.32. The Hall–Kier alpha value is -1.26. The number of rotatable bonds is 1. The molecule has 0 heterocycles. The van der Waals surface area contributed by atoms with E-state index in [4.69, 9.17) is 5.73 Å². The van der Waals surface area contributed by atoms with Gasteiger partial charge >= 0.3 is 6.18 Å². The van der Waals surface area contributed by atoms with E-state index in [1.165, 1.54) is 13.8 Å². The number of alkyl halides is 3. The van der Waals surface area contributed by atoms with Gasteiger partial charge in [0.2, 0.25) is 0 Å². The zero-order chi connectivity index (χ0) is 13.8. The summed E-state index contributed by atoms with van der Waals surface area (Å²) in [6, 6.07) is 0.789. The maximum Gasteiger partial charge on any atom is 0.416 e. The molecule has 2 N–H and O–H groups in total. The molecular formula is C12H17F4N. The van der Waals surface area contributed by atoms with Gasteiger partial charge in [0.25, 0.3) is 0 Å². The molecule has 0 saturated heterocycles. The predicted molar refractivity (Wildman–Crippen MR) is 61.3 cm³/mol. The SMILES string of the molecule is CC.CCc1c(C(F)(F)F)cc(N)c(C)c1F. The maximum atomic E-state index is 13.5. The fourth-order valence-electron chi connectivity index (χ4n) is 1.42. The maximum absolute atomic E-state index is 13.5. The summed E-state index contributed by atoms with van der Waals surface area (Å²) >= 11 is 0. The fourth-order valence-corrected chi connectivity index (χ4v) is 1.42. The first-order valence-corrected chi connectivity index (χ1v) is 5.43. The quantitative estimate of drug-likeness (QED) is 0.583. The van der Waals surface area contributed by atoms with Gasteiger partial charge in [-0.15, -0.1) is 0 Å². The summed E-state index contributed by atoms with van der Waals surface area (Å²) in [6.45, 7) is 6.84. The summed E-state index contributed by atoms with van der Waals surface area (Å²) in [5.41, 5.74) is 3.90. The standard InChI is InChI=1S/C10H11F4N.C2H6/c1-3-6-7(10(12,13)14)4-8(15)5(2)9(6)11;1-2/h4H,3,15H2,1-2H3;1-2H3. The average Bonchev–Trinajstić information content (AvgIpc) is 2.27. The van der Waals surface area contributed by atoms with Gasteiger partial charge in [-0.2, -0.15) is 13.2 Å². The first kappa shape index (κ1) is 15.7. The molecule has 0 saturated carbocycles. The molecule has 1 nitrogen and oxygen atoms in total. The van der Waals surface area contributed by atoms with Crippen molar-refractivity contribution in [1.29, 1.82) is 0 Å². The highest BCUT2D eigenvalue weighted by molar-refractivity contribution is 5.53. The first-order valence-electron chi connectivity index (χ1n) is 5.43. The normalized spacial score (nSPS) is 10.8. The van der Waals surface area contributed by atoms with Crippen molar-refractivity contribution in [2.75, 3.05) is 5.73 Å². The lowest BCUT2D eigenvalue weighted by molar-refractivity contribution is -0.138. The van der Waals surface area contributed by atoms with Crippen LogP contribution in [0.15, 0.2) is 6.07 Å². The van der Waals surface area contributed by atoms with Crippen molar-refractivity contribution in [3.05, 3.63) is 28.6 Å². The Bertz CT molecular complexity index is 383. The van der Waals surface area contributed by atoms with Crippen molar-refractivity contribution in [2.24, 2.45) is 0 Å². The van der Waals surface area contributed by atoms with E-state index < -0.39 is 17.6 Å². The van der Waals surface area contributed by atoms with E-state index in [-0.39, 0.29) is 23.2 Å². The number of hydrogen-bond donors (Lipinski definition) is 1. The molecule has 0 atom stereocenters. The molecule has 17 heavy (non-hydrogen) atoms. The highest BCUT2D eigenvalue weighted by Gasteiger charge is 2.35. The molecule has 1 aromatic rings. The third kappa shape index (κ3) is 3.35. The zero-order valence-electron chi connectivity index (χ0n) is 10.4. The molecule has 98 valence electrons.